The van der Waals surface area contributed by atoms with Gasteiger partial charge in [-0.05, 0) is 24.3 Å². The summed E-state index contributed by atoms with van der Waals surface area (Å²) in [7, 11) is 0. The third-order valence-corrected chi connectivity index (χ3v) is 5.11. The highest BCUT2D eigenvalue weighted by Gasteiger charge is 2.41. The van der Waals surface area contributed by atoms with Crippen LogP contribution >= 0.6 is 11.8 Å². The minimum atomic E-state index is -0.655. The standard InChI is InChI=1S/C18H12N4O5S/c23-15-10-14(17(24)21(15)12-4-2-1-3-5-12)28-18-20-19-16(27-18)11-6-8-13(9-7-11)22(25)26/h1-9,14H,10H2. The van der Waals surface area contributed by atoms with Gasteiger partial charge in [0, 0.05) is 24.1 Å². The second-order valence-corrected chi connectivity index (χ2v) is 7.04. The van der Waals surface area contributed by atoms with Crippen molar-refractivity contribution >= 4 is 35.0 Å². The summed E-state index contributed by atoms with van der Waals surface area (Å²) in [5.41, 5.74) is 0.997. The van der Waals surface area contributed by atoms with Crippen molar-refractivity contribution in [2.24, 2.45) is 0 Å². The van der Waals surface area contributed by atoms with Crippen molar-refractivity contribution in [1.82, 2.24) is 10.2 Å². The molecule has 3 aromatic rings. The van der Waals surface area contributed by atoms with Crippen LogP contribution in [0.2, 0.25) is 0 Å². The average molecular weight is 396 g/mol. The van der Waals surface area contributed by atoms with Gasteiger partial charge in [-0.15, -0.1) is 10.2 Å². The fourth-order valence-corrected chi connectivity index (χ4v) is 3.66. The maximum absolute atomic E-state index is 12.6. The first kappa shape index (κ1) is 17.9. The van der Waals surface area contributed by atoms with Gasteiger partial charge in [0.15, 0.2) is 0 Å². The summed E-state index contributed by atoms with van der Waals surface area (Å²) in [4.78, 5) is 36.3. The normalized spacial score (nSPS) is 16.6. The quantitative estimate of drug-likeness (QED) is 0.367. The Morgan fingerprint density at radius 2 is 1.79 bits per heavy atom. The Hall–Kier alpha value is -3.53. The summed E-state index contributed by atoms with van der Waals surface area (Å²) in [5.74, 6) is -0.450. The molecule has 1 saturated heterocycles. The Labute approximate surface area is 162 Å². The van der Waals surface area contributed by atoms with Crippen LogP contribution in [0.3, 0.4) is 0 Å². The van der Waals surface area contributed by atoms with Gasteiger partial charge >= 0.3 is 0 Å². The second-order valence-electron chi connectivity index (χ2n) is 5.89. The lowest BCUT2D eigenvalue weighted by molar-refractivity contribution is -0.384. The number of nitro benzene ring substituents is 1. The molecule has 0 radical (unpaired) electrons. The third kappa shape index (κ3) is 3.37. The lowest BCUT2D eigenvalue weighted by atomic mass is 10.2. The van der Waals surface area contributed by atoms with Gasteiger partial charge in [0.05, 0.1) is 10.6 Å². The van der Waals surface area contributed by atoms with E-state index in [4.69, 9.17) is 4.42 Å². The average Bonchev–Trinajstić information content (AvgIpc) is 3.27. The molecule has 28 heavy (non-hydrogen) atoms. The smallest absolute Gasteiger partial charge is 0.277 e. The molecule has 140 valence electrons. The maximum atomic E-state index is 12.6. The van der Waals surface area contributed by atoms with E-state index in [2.05, 4.69) is 10.2 Å². The fraction of sp³-hybridized carbons (Fsp3) is 0.111. The van der Waals surface area contributed by atoms with Crippen LogP contribution in [0.25, 0.3) is 11.5 Å². The summed E-state index contributed by atoms with van der Waals surface area (Å²) in [6, 6.07) is 14.4. The summed E-state index contributed by atoms with van der Waals surface area (Å²) in [5, 5.41) is 18.0. The van der Waals surface area contributed by atoms with E-state index >= 15 is 0 Å². The summed E-state index contributed by atoms with van der Waals surface area (Å²) in [6.45, 7) is 0. The van der Waals surface area contributed by atoms with E-state index in [0.717, 1.165) is 16.7 Å². The minimum absolute atomic E-state index is 0.0354. The molecule has 0 N–H and O–H groups in total. The highest BCUT2D eigenvalue weighted by molar-refractivity contribution is 8.00. The fourth-order valence-electron chi connectivity index (χ4n) is 2.77. The van der Waals surface area contributed by atoms with Gasteiger partial charge in [0.2, 0.25) is 17.7 Å². The topological polar surface area (TPSA) is 119 Å². The molecular weight excluding hydrogens is 384 g/mol. The van der Waals surface area contributed by atoms with E-state index in [0.29, 0.717) is 11.3 Å². The van der Waals surface area contributed by atoms with Crippen molar-refractivity contribution in [2.75, 3.05) is 4.90 Å². The van der Waals surface area contributed by atoms with Crippen LogP contribution in [-0.4, -0.2) is 32.2 Å². The number of rotatable bonds is 5. The number of nitrogens with zero attached hydrogens (tertiary/aromatic N) is 4. The first-order chi connectivity index (χ1) is 13.5. The first-order valence-electron chi connectivity index (χ1n) is 8.20. The van der Waals surface area contributed by atoms with Crippen LogP contribution in [0.5, 0.6) is 0 Å². The van der Waals surface area contributed by atoms with Gasteiger partial charge < -0.3 is 4.42 Å². The number of nitro groups is 1. The molecule has 2 heterocycles. The van der Waals surface area contributed by atoms with Crippen LogP contribution in [0.1, 0.15) is 6.42 Å². The SMILES string of the molecule is O=C1CC(Sc2nnc(-c3ccc([N+](=O)[O-])cc3)o2)C(=O)N1c1ccccc1. The number of thioether (sulfide) groups is 1. The Bertz CT molecular complexity index is 1050. The molecule has 1 aromatic heterocycles. The van der Waals surface area contributed by atoms with E-state index in [9.17, 15) is 19.7 Å². The molecule has 10 heteroatoms. The number of anilines is 1. The van der Waals surface area contributed by atoms with Gasteiger partial charge in [-0.3, -0.25) is 19.7 Å². The number of para-hydroxylation sites is 1. The predicted octanol–water partition coefficient (Wildman–Crippen LogP) is 3.07. The van der Waals surface area contributed by atoms with Crippen molar-refractivity contribution in [2.45, 2.75) is 16.9 Å². The first-order valence-corrected chi connectivity index (χ1v) is 9.08. The Balaban J connectivity index is 1.49. The van der Waals surface area contributed by atoms with Crippen LogP contribution in [0.15, 0.2) is 64.2 Å². The maximum Gasteiger partial charge on any atom is 0.277 e. The molecule has 1 atom stereocenters. The van der Waals surface area contributed by atoms with Gasteiger partial charge in [0.25, 0.3) is 10.9 Å². The molecule has 2 aromatic carbocycles. The summed E-state index contributed by atoms with van der Waals surface area (Å²) < 4.78 is 5.55. The van der Waals surface area contributed by atoms with Crippen molar-refractivity contribution in [1.29, 1.82) is 0 Å². The Kier molecular flexibility index (Phi) is 4.62. The molecule has 1 aliphatic heterocycles. The number of hydrogen-bond donors (Lipinski definition) is 0. The lowest BCUT2D eigenvalue weighted by Gasteiger charge is -2.13. The van der Waals surface area contributed by atoms with Crippen LogP contribution in [-0.2, 0) is 9.59 Å². The van der Waals surface area contributed by atoms with E-state index in [1.165, 1.54) is 24.3 Å². The minimum Gasteiger partial charge on any atom is -0.411 e. The number of aromatic nitrogens is 2. The van der Waals surface area contributed by atoms with E-state index in [1.807, 2.05) is 0 Å². The summed E-state index contributed by atoms with van der Waals surface area (Å²) >= 11 is 1.02. The molecule has 0 spiro atoms. The van der Waals surface area contributed by atoms with Crippen LogP contribution in [0.4, 0.5) is 11.4 Å². The number of hydrogen-bond acceptors (Lipinski definition) is 8. The number of benzene rings is 2. The molecule has 4 rings (SSSR count). The van der Waals surface area contributed by atoms with E-state index < -0.39 is 10.2 Å². The molecule has 1 unspecified atom stereocenters. The molecule has 1 fully saturated rings. The number of carbonyl (C=O) groups is 2. The van der Waals surface area contributed by atoms with E-state index in [1.54, 1.807) is 30.3 Å². The number of amides is 2. The highest BCUT2D eigenvalue weighted by atomic mass is 32.2. The number of carbonyl (C=O) groups excluding carboxylic acids is 2. The lowest BCUT2D eigenvalue weighted by Crippen LogP contribution is -2.30. The second kappa shape index (κ2) is 7.24. The van der Waals surface area contributed by atoms with Crippen molar-refractivity contribution < 1.29 is 18.9 Å². The summed E-state index contributed by atoms with van der Waals surface area (Å²) in [6.07, 6.45) is 0.0354. The molecule has 0 bridgehead atoms. The molecular formula is C18H12N4O5S. The number of imide groups is 1. The molecule has 0 aliphatic carbocycles. The molecule has 9 nitrogen and oxygen atoms in total. The Morgan fingerprint density at radius 3 is 2.46 bits per heavy atom. The zero-order valence-electron chi connectivity index (χ0n) is 14.2. The zero-order valence-corrected chi connectivity index (χ0v) is 15.0. The third-order valence-electron chi connectivity index (χ3n) is 4.09. The molecule has 1 aliphatic rings. The van der Waals surface area contributed by atoms with Gasteiger partial charge in [-0.25, -0.2) is 4.90 Å². The van der Waals surface area contributed by atoms with Crippen molar-refractivity contribution in [3.63, 3.8) is 0 Å². The van der Waals surface area contributed by atoms with Crippen molar-refractivity contribution in [3.8, 4) is 11.5 Å². The highest BCUT2D eigenvalue weighted by Crippen LogP contribution is 2.34. The predicted molar refractivity (Wildman–Crippen MR) is 99.6 cm³/mol. The van der Waals surface area contributed by atoms with Crippen LogP contribution < -0.4 is 4.90 Å². The molecule has 0 saturated carbocycles. The van der Waals surface area contributed by atoms with Gasteiger partial charge in [-0.2, -0.15) is 0 Å². The monoisotopic (exact) mass is 396 g/mol. The van der Waals surface area contributed by atoms with Crippen LogP contribution in [0, 0.1) is 10.1 Å². The molecule has 2 amide bonds. The zero-order chi connectivity index (χ0) is 19.7. The number of non-ortho nitro benzene ring substituents is 1. The Morgan fingerprint density at radius 1 is 1.07 bits per heavy atom. The van der Waals surface area contributed by atoms with Crippen molar-refractivity contribution in [3.05, 3.63) is 64.7 Å². The van der Waals surface area contributed by atoms with Gasteiger partial charge in [-0.1, -0.05) is 30.0 Å². The largest absolute Gasteiger partial charge is 0.411 e. The van der Waals surface area contributed by atoms with Gasteiger partial charge in [0.1, 0.15) is 5.25 Å². The van der Waals surface area contributed by atoms with E-state index in [-0.39, 0.29) is 35.0 Å².